The summed E-state index contributed by atoms with van der Waals surface area (Å²) in [6.07, 6.45) is 5.08. The van der Waals surface area contributed by atoms with Crippen molar-refractivity contribution in [2.45, 2.75) is 40.5 Å². The van der Waals surface area contributed by atoms with Crippen LogP contribution in [0.3, 0.4) is 0 Å². The highest BCUT2D eigenvalue weighted by Crippen LogP contribution is 2.28. The molecule has 0 fully saturated rings. The van der Waals surface area contributed by atoms with Crippen LogP contribution in [0.25, 0.3) is 0 Å². The zero-order valence-corrected chi connectivity index (χ0v) is 13.0. The summed E-state index contributed by atoms with van der Waals surface area (Å²) in [5.74, 6) is 1.89. The van der Waals surface area contributed by atoms with Gasteiger partial charge in [0.05, 0.1) is 19.9 Å². The Hall–Kier alpha value is -1.96. The summed E-state index contributed by atoms with van der Waals surface area (Å²) in [6.45, 7) is 8.93. The van der Waals surface area contributed by atoms with Crippen molar-refractivity contribution in [2.24, 2.45) is 5.92 Å². The monoisotopic (exact) mass is 280 g/mol. The molecule has 0 radical (unpaired) electrons. The smallest absolute Gasteiger partial charge is 0.292 e. The Kier molecular flexibility index (Phi) is 9.85. The van der Waals surface area contributed by atoms with Crippen LogP contribution in [0.2, 0.25) is 0 Å². The van der Waals surface area contributed by atoms with Crippen molar-refractivity contribution in [3.8, 4) is 23.6 Å². The molecule has 0 atom stereocenters. The predicted molar refractivity (Wildman–Crippen MR) is 77.9 cm³/mol. The van der Waals surface area contributed by atoms with Gasteiger partial charge < -0.3 is 14.2 Å². The molecule has 0 bridgehead atoms. The van der Waals surface area contributed by atoms with E-state index in [1.165, 1.54) is 13.3 Å². The highest BCUT2D eigenvalue weighted by Gasteiger charge is 2.08. The number of hydrogen-bond donors (Lipinski definition) is 0. The van der Waals surface area contributed by atoms with E-state index in [2.05, 4.69) is 18.8 Å². The largest absolute Gasteiger partial charge is 0.488 e. The Morgan fingerprint density at radius 1 is 1.35 bits per heavy atom. The maximum absolute atomic E-state index is 8.44. The van der Waals surface area contributed by atoms with Crippen molar-refractivity contribution in [2.75, 3.05) is 13.7 Å². The Bertz CT molecular complexity index is 414. The zero-order chi connectivity index (χ0) is 15.4. The van der Waals surface area contributed by atoms with Gasteiger partial charge in [-0.2, -0.15) is 0 Å². The lowest BCUT2D eigenvalue weighted by Gasteiger charge is -2.10. The quantitative estimate of drug-likeness (QED) is 0.561. The molecule has 5 nitrogen and oxygen atoms in total. The Morgan fingerprint density at radius 3 is 2.60 bits per heavy atom. The third-order valence-corrected chi connectivity index (χ3v) is 2.33. The molecule has 0 aliphatic carbocycles. The summed E-state index contributed by atoms with van der Waals surface area (Å²) in [5.41, 5.74) is 0. The minimum Gasteiger partial charge on any atom is -0.488 e. The van der Waals surface area contributed by atoms with Gasteiger partial charge in [0, 0.05) is 6.07 Å². The van der Waals surface area contributed by atoms with Crippen LogP contribution in [0, 0.1) is 17.4 Å². The van der Waals surface area contributed by atoms with Crippen molar-refractivity contribution < 1.29 is 14.2 Å². The van der Waals surface area contributed by atoms with E-state index >= 15 is 0 Å². The van der Waals surface area contributed by atoms with Crippen LogP contribution in [-0.4, -0.2) is 18.7 Å². The highest BCUT2D eigenvalue weighted by atomic mass is 16.5. The van der Waals surface area contributed by atoms with Gasteiger partial charge in [-0.05, 0) is 18.8 Å². The van der Waals surface area contributed by atoms with E-state index in [0.717, 1.165) is 12.8 Å². The fraction of sp³-hybridized carbons (Fsp3) is 0.600. The second-order valence-electron chi connectivity index (χ2n) is 4.26. The lowest BCUT2D eigenvalue weighted by Crippen LogP contribution is -2.02. The molecule has 5 heteroatoms. The van der Waals surface area contributed by atoms with Crippen LogP contribution < -0.4 is 14.2 Å². The van der Waals surface area contributed by atoms with Gasteiger partial charge in [0.1, 0.15) is 0 Å². The van der Waals surface area contributed by atoms with E-state index in [0.29, 0.717) is 29.9 Å². The van der Waals surface area contributed by atoms with Gasteiger partial charge in [-0.1, -0.05) is 27.7 Å². The molecule has 1 aromatic heterocycles. The molecule has 0 amide bonds. The van der Waals surface area contributed by atoms with E-state index in [9.17, 15) is 0 Å². The van der Waals surface area contributed by atoms with Gasteiger partial charge in [0.15, 0.2) is 11.5 Å². The molecule has 1 aromatic rings. The SMILES string of the molecule is CC.COc1ncc(OC#N)cc1OCCCC(C)C. The Labute approximate surface area is 121 Å². The maximum atomic E-state index is 8.44. The second kappa shape index (κ2) is 10.9. The van der Waals surface area contributed by atoms with Gasteiger partial charge in [0.2, 0.25) is 0 Å². The molecule has 0 saturated heterocycles. The lowest BCUT2D eigenvalue weighted by atomic mass is 10.1. The molecule has 0 aromatic carbocycles. The molecule has 1 rings (SSSR count). The molecule has 0 N–H and O–H groups in total. The number of rotatable bonds is 7. The van der Waals surface area contributed by atoms with E-state index in [1.54, 1.807) is 12.3 Å². The van der Waals surface area contributed by atoms with Gasteiger partial charge >= 0.3 is 0 Å². The number of hydrogen-bond acceptors (Lipinski definition) is 5. The fourth-order valence-corrected chi connectivity index (χ4v) is 1.45. The van der Waals surface area contributed by atoms with Crippen molar-refractivity contribution in [3.63, 3.8) is 0 Å². The average Bonchev–Trinajstić information content (AvgIpc) is 2.46. The van der Waals surface area contributed by atoms with Crippen molar-refractivity contribution in [1.82, 2.24) is 4.98 Å². The van der Waals surface area contributed by atoms with Crippen LogP contribution in [0.1, 0.15) is 40.5 Å². The minimum atomic E-state index is 0.345. The number of aromatic nitrogens is 1. The van der Waals surface area contributed by atoms with Crippen molar-refractivity contribution in [3.05, 3.63) is 12.3 Å². The summed E-state index contributed by atoms with van der Waals surface area (Å²) in [6, 6.07) is 1.60. The topological polar surface area (TPSA) is 64.4 Å². The minimum absolute atomic E-state index is 0.345. The first-order chi connectivity index (χ1) is 9.67. The zero-order valence-electron chi connectivity index (χ0n) is 13.0. The fourth-order valence-electron chi connectivity index (χ4n) is 1.45. The van der Waals surface area contributed by atoms with E-state index < -0.39 is 0 Å². The summed E-state index contributed by atoms with van der Waals surface area (Å²) in [7, 11) is 1.52. The molecule has 0 spiro atoms. The normalized spacial score (nSPS) is 9.25. The number of methoxy groups -OCH3 is 1. The number of nitriles is 1. The molecular formula is C15H24N2O3. The molecule has 0 aliphatic heterocycles. The van der Waals surface area contributed by atoms with Gasteiger partial charge in [-0.15, -0.1) is 5.26 Å². The van der Waals surface area contributed by atoms with Crippen LogP contribution in [0.15, 0.2) is 12.3 Å². The standard InChI is InChI=1S/C13H18N2O3.C2H6/c1-10(2)5-4-6-17-12-7-11(18-9-14)8-15-13(12)16-3;1-2/h7-8,10H,4-6H2,1-3H3;1-2H3. The third-order valence-electron chi connectivity index (χ3n) is 2.33. The van der Waals surface area contributed by atoms with Crippen LogP contribution in [0.5, 0.6) is 17.4 Å². The van der Waals surface area contributed by atoms with E-state index in [4.69, 9.17) is 19.5 Å². The Balaban J connectivity index is 0.00000172. The molecule has 20 heavy (non-hydrogen) atoms. The molecule has 0 aliphatic rings. The maximum Gasteiger partial charge on any atom is 0.292 e. The van der Waals surface area contributed by atoms with Crippen molar-refractivity contribution in [1.29, 1.82) is 5.26 Å². The summed E-state index contributed by atoms with van der Waals surface area (Å²) in [4.78, 5) is 4.01. The summed E-state index contributed by atoms with van der Waals surface area (Å²) >= 11 is 0. The molecule has 1 heterocycles. The first-order valence-electron chi connectivity index (χ1n) is 6.90. The van der Waals surface area contributed by atoms with Crippen molar-refractivity contribution >= 4 is 0 Å². The van der Waals surface area contributed by atoms with Gasteiger partial charge in [-0.25, -0.2) is 4.98 Å². The van der Waals surface area contributed by atoms with Crippen LogP contribution in [0.4, 0.5) is 0 Å². The third kappa shape index (κ3) is 6.83. The van der Waals surface area contributed by atoms with Gasteiger partial charge in [-0.3, -0.25) is 0 Å². The average molecular weight is 280 g/mol. The molecule has 0 saturated carbocycles. The van der Waals surface area contributed by atoms with E-state index in [1.807, 2.05) is 13.8 Å². The predicted octanol–water partition coefficient (Wildman–Crippen LogP) is 3.79. The first-order valence-corrected chi connectivity index (χ1v) is 6.90. The molecular weight excluding hydrogens is 256 g/mol. The Morgan fingerprint density at radius 2 is 2.05 bits per heavy atom. The number of ether oxygens (including phenoxy) is 3. The summed E-state index contributed by atoms with van der Waals surface area (Å²) in [5, 5.41) is 8.44. The molecule has 112 valence electrons. The van der Waals surface area contributed by atoms with Gasteiger partial charge in [0.25, 0.3) is 12.1 Å². The lowest BCUT2D eigenvalue weighted by molar-refractivity contribution is 0.273. The molecule has 0 unspecified atom stereocenters. The summed E-state index contributed by atoms with van der Waals surface area (Å²) < 4.78 is 15.4. The first kappa shape index (κ1) is 18.0. The number of nitrogens with zero attached hydrogens (tertiary/aromatic N) is 2. The second-order valence-corrected chi connectivity index (χ2v) is 4.26. The highest BCUT2D eigenvalue weighted by molar-refractivity contribution is 5.39. The number of pyridine rings is 1. The van der Waals surface area contributed by atoms with E-state index in [-0.39, 0.29) is 0 Å². The van der Waals surface area contributed by atoms with Crippen LogP contribution >= 0.6 is 0 Å². The van der Waals surface area contributed by atoms with Crippen LogP contribution in [-0.2, 0) is 0 Å².